The number of piperazine rings is 1. The van der Waals surface area contributed by atoms with Crippen molar-refractivity contribution in [3.63, 3.8) is 0 Å². The molecule has 0 atom stereocenters. The normalized spacial score (nSPS) is 15.3. The van der Waals surface area contributed by atoms with Crippen molar-refractivity contribution in [3.05, 3.63) is 59.8 Å². The highest BCUT2D eigenvalue weighted by Crippen LogP contribution is 2.16. The standard InChI is InChI=1S/C21H28N4O/c1-17(2)15-23-21(26)19-8-9-22-20(14-19)25-12-10-24(11-13-25)16-18-6-4-3-5-7-18/h3-9,14,17H,10-13,15-16H2,1-2H3,(H,23,26). The second-order valence-corrected chi connectivity index (χ2v) is 7.26. The van der Waals surface area contributed by atoms with Crippen LogP contribution in [0.15, 0.2) is 48.7 Å². The van der Waals surface area contributed by atoms with Gasteiger partial charge in [0.15, 0.2) is 0 Å². The van der Waals surface area contributed by atoms with Crippen molar-refractivity contribution in [2.24, 2.45) is 5.92 Å². The minimum atomic E-state index is -0.0231. The molecule has 0 unspecified atom stereocenters. The average Bonchev–Trinajstić information content (AvgIpc) is 2.67. The van der Waals surface area contributed by atoms with Crippen molar-refractivity contribution < 1.29 is 4.79 Å². The molecule has 0 radical (unpaired) electrons. The van der Waals surface area contributed by atoms with Crippen LogP contribution in [0, 0.1) is 5.92 Å². The molecule has 138 valence electrons. The Morgan fingerprint density at radius 1 is 1.12 bits per heavy atom. The summed E-state index contributed by atoms with van der Waals surface area (Å²) < 4.78 is 0. The lowest BCUT2D eigenvalue weighted by molar-refractivity contribution is 0.0949. The van der Waals surface area contributed by atoms with E-state index in [9.17, 15) is 4.79 Å². The number of nitrogens with zero attached hydrogens (tertiary/aromatic N) is 3. The first-order chi connectivity index (χ1) is 12.6. The van der Waals surface area contributed by atoms with Gasteiger partial charge in [-0.1, -0.05) is 44.2 Å². The summed E-state index contributed by atoms with van der Waals surface area (Å²) in [6, 6.07) is 14.3. The van der Waals surface area contributed by atoms with Gasteiger partial charge in [-0.15, -0.1) is 0 Å². The molecule has 1 saturated heterocycles. The van der Waals surface area contributed by atoms with Crippen LogP contribution in [0.2, 0.25) is 0 Å². The minimum Gasteiger partial charge on any atom is -0.354 e. The topological polar surface area (TPSA) is 48.5 Å². The maximum absolute atomic E-state index is 12.3. The van der Waals surface area contributed by atoms with Crippen molar-refractivity contribution in [1.29, 1.82) is 0 Å². The predicted octanol–water partition coefficient (Wildman–Crippen LogP) is 2.79. The fraction of sp³-hybridized carbons (Fsp3) is 0.429. The molecular weight excluding hydrogens is 324 g/mol. The van der Waals surface area contributed by atoms with Gasteiger partial charge in [0, 0.05) is 51.0 Å². The summed E-state index contributed by atoms with van der Waals surface area (Å²) in [4.78, 5) is 21.5. The SMILES string of the molecule is CC(C)CNC(=O)c1ccnc(N2CCN(Cc3ccccc3)CC2)c1. The van der Waals surface area contributed by atoms with E-state index in [1.54, 1.807) is 12.3 Å². The van der Waals surface area contributed by atoms with Crippen molar-refractivity contribution in [2.45, 2.75) is 20.4 Å². The van der Waals surface area contributed by atoms with Crippen molar-refractivity contribution in [3.8, 4) is 0 Å². The van der Waals surface area contributed by atoms with Crippen LogP contribution in [0.5, 0.6) is 0 Å². The zero-order chi connectivity index (χ0) is 18.4. The van der Waals surface area contributed by atoms with Crippen LogP contribution in [0.4, 0.5) is 5.82 Å². The van der Waals surface area contributed by atoms with Crippen molar-refractivity contribution >= 4 is 11.7 Å². The largest absolute Gasteiger partial charge is 0.354 e. The number of amides is 1. The number of aromatic nitrogens is 1. The Hall–Kier alpha value is -2.40. The molecule has 1 aromatic heterocycles. The Kier molecular flexibility index (Phi) is 6.23. The van der Waals surface area contributed by atoms with E-state index >= 15 is 0 Å². The highest BCUT2D eigenvalue weighted by atomic mass is 16.1. The second kappa shape index (κ2) is 8.81. The van der Waals surface area contributed by atoms with Gasteiger partial charge in [0.05, 0.1) is 0 Å². The van der Waals surface area contributed by atoms with Crippen LogP contribution in [-0.2, 0) is 6.54 Å². The van der Waals surface area contributed by atoms with Crippen LogP contribution in [0.1, 0.15) is 29.8 Å². The average molecular weight is 352 g/mol. The number of nitrogens with one attached hydrogen (secondary N) is 1. The molecule has 1 N–H and O–H groups in total. The quantitative estimate of drug-likeness (QED) is 0.868. The lowest BCUT2D eigenvalue weighted by Gasteiger charge is -2.35. The van der Waals surface area contributed by atoms with Crippen molar-refractivity contribution in [2.75, 3.05) is 37.6 Å². The summed E-state index contributed by atoms with van der Waals surface area (Å²) in [5, 5.41) is 2.97. The van der Waals surface area contributed by atoms with Crippen LogP contribution < -0.4 is 10.2 Å². The zero-order valence-corrected chi connectivity index (χ0v) is 15.7. The summed E-state index contributed by atoms with van der Waals surface area (Å²) in [5.74, 6) is 1.31. The number of anilines is 1. The number of rotatable bonds is 6. The summed E-state index contributed by atoms with van der Waals surface area (Å²) in [6.07, 6.45) is 1.73. The number of hydrogen-bond donors (Lipinski definition) is 1. The van der Waals surface area contributed by atoms with E-state index < -0.39 is 0 Å². The summed E-state index contributed by atoms with van der Waals surface area (Å²) >= 11 is 0. The van der Waals surface area contributed by atoms with Crippen LogP contribution in [0.3, 0.4) is 0 Å². The van der Waals surface area contributed by atoms with Gasteiger partial charge >= 0.3 is 0 Å². The van der Waals surface area contributed by atoms with Crippen molar-refractivity contribution in [1.82, 2.24) is 15.2 Å². The lowest BCUT2D eigenvalue weighted by Crippen LogP contribution is -2.46. The van der Waals surface area contributed by atoms with E-state index in [0.717, 1.165) is 38.5 Å². The zero-order valence-electron chi connectivity index (χ0n) is 15.7. The molecule has 2 aromatic rings. The van der Waals surface area contributed by atoms with Gasteiger partial charge in [-0.05, 0) is 23.6 Å². The molecule has 0 saturated carbocycles. The molecule has 1 aromatic carbocycles. The third kappa shape index (κ3) is 5.05. The molecule has 1 aliphatic heterocycles. The number of hydrogen-bond acceptors (Lipinski definition) is 4. The lowest BCUT2D eigenvalue weighted by atomic mass is 10.2. The van der Waals surface area contributed by atoms with Crippen LogP contribution in [0.25, 0.3) is 0 Å². The van der Waals surface area contributed by atoms with Gasteiger partial charge in [-0.25, -0.2) is 4.98 Å². The molecule has 0 aliphatic carbocycles. The summed E-state index contributed by atoms with van der Waals surface area (Å²) in [7, 11) is 0. The second-order valence-electron chi connectivity index (χ2n) is 7.26. The number of pyridine rings is 1. The van der Waals surface area contributed by atoms with Crippen LogP contribution in [-0.4, -0.2) is 48.5 Å². The fourth-order valence-electron chi connectivity index (χ4n) is 3.11. The van der Waals surface area contributed by atoms with Gasteiger partial charge in [-0.3, -0.25) is 9.69 Å². The molecule has 2 heterocycles. The molecule has 5 heteroatoms. The third-order valence-electron chi connectivity index (χ3n) is 4.62. The highest BCUT2D eigenvalue weighted by molar-refractivity contribution is 5.94. The highest BCUT2D eigenvalue weighted by Gasteiger charge is 2.19. The number of benzene rings is 1. The smallest absolute Gasteiger partial charge is 0.251 e. The summed E-state index contributed by atoms with van der Waals surface area (Å²) in [6.45, 7) is 9.71. The Bertz CT molecular complexity index is 709. The Labute approximate surface area is 156 Å². The number of carbonyl (C=O) groups excluding carboxylic acids is 1. The van der Waals surface area contributed by atoms with Gasteiger partial charge in [0.1, 0.15) is 5.82 Å². The predicted molar refractivity (Wildman–Crippen MR) is 105 cm³/mol. The molecular formula is C21H28N4O. The molecule has 0 spiro atoms. The van der Waals surface area contributed by atoms with E-state index in [0.29, 0.717) is 18.0 Å². The van der Waals surface area contributed by atoms with E-state index in [2.05, 4.69) is 64.3 Å². The first-order valence-electron chi connectivity index (χ1n) is 9.37. The molecule has 1 fully saturated rings. The van der Waals surface area contributed by atoms with Gasteiger partial charge in [0.25, 0.3) is 5.91 Å². The molecule has 3 rings (SSSR count). The van der Waals surface area contributed by atoms with E-state index in [4.69, 9.17) is 0 Å². The first-order valence-corrected chi connectivity index (χ1v) is 9.37. The maximum atomic E-state index is 12.3. The molecule has 1 amide bonds. The molecule has 0 bridgehead atoms. The Morgan fingerprint density at radius 3 is 2.54 bits per heavy atom. The van der Waals surface area contributed by atoms with E-state index in [1.165, 1.54) is 5.56 Å². The van der Waals surface area contributed by atoms with Gasteiger partial charge < -0.3 is 10.2 Å². The Morgan fingerprint density at radius 2 is 1.85 bits per heavy atom. The third-order valence-corrected chi connectivity index (χ3v) is 4.62. The molecule has 26 heavy (non-hydrogen) atoms. The van der Waals surface area contributed by atoms with E-state index in [1.807, 2.05) is 6.07 Å². The summed E-state index contributed by atoms with van der Waals surface area (Å²) in [5.41, 5.74) is 2.03. The first kappa shape index (κ1) is 18.4. The van der Waals surface area contributed by atoms with E-state index in [-0.39, 0.29) is 5.91 Å². The number of carbonyl (C=O) groups is 1. The van der Waals surface area contributed by atoms with Gasteiger partial charge in [0.2, 0.25) is 0 Å². The maximum Gasteiger partial charge on any atom is 0.251 e. The molecule has 1 aliphatic rings. The fourth-order valence-corrected chi connectivity index (χ4v) is 3.11. The molecule has 5 nitrogen and oxygen atoms in total. The Balaban J connectivity index is 1.56. The van der Waals surface area contributed by atoms with Crippen LogP contribution >= 0.6 is 0 Å². The minimum absolute atomic E-state index is 0.0231. The monoisotopic (exact) mass is 352 g/mol. The van der Waals surface area contributed by atoms with Gasteiger partial charge in [-0.2, -0.15) is 0 Å².